The van der Waals surface area contributed by atoms with Crippen LogP contribution in [0.1, 0.15) is 25.8 Å². The standard InChI is InChI=1S/C15H25FN2O/c1-15(2,11-17)7-8-18(3)10-12-5-6-14(19-4)13(16)9-12/h5-6,9H,7-8,10-11,17H2,1-4H3. The number of ether oxygens (including phenoxy) is 1. The van der Waals surface area contributed by atoms with E-state index in [4.69, 9.17) is 10.5 Å². The topological polar surface area (TPSA) is 38.5 Å². The van der Waals surface area contributed by atoms with E-state index in [0.717, 1.165) is 25.1 Å². The molecule has 108 valence electrons. The zero-order valence-electron chi connectivity index (χ0n) is 12.4. The Labute approximate surface area is 115 Å². The first-order chi connectivity index (χ1) is 8.88. The highest BCUT2D eigenvalue weighted by atomic mass is 19.1. The van der Waals surface area contributed by atoms with E-state index >= 15 is 0 Å². The van der Waals surface area contributed by atoms with Crippen LogP contribution < -0.4 is 10.5 Å². The summed E-state index contributed by atoms with van der Waals surface area (Å²) in [5, 5.41) is 0. The molecule has 19 heavy (non-hydrogen) atoms. The lowest BCUT2D eigenvalue weighted by Crippen LogP contribution is -2.29. The van der Waals surface area contributed by atoms with Crippen LogP contribution in [0.25, 0.3) is 0 Å². The second-order valence-electron chi connectivity index (χ2n) is 5.83. The summed E-state index contributed by atoms with van der Waals surface area (Å²) in [5.41, 5.74) is 6.82. The Morgan fingerprint density at radius 1 is 1.37 bits per heavy atom. The lowest BCUT2D eigenvalue weighted by Gasteiger charge is -2.26. The predicted molar refractivity (Wildman–Crippen MR) is 76.7 cm³/mol. The molecule has 1 rings (SSSR count). The van der Waals surface area contributed by atoms with Gasteiger partial charge in [-0.15, -0.1) is 0 Å². The molecule has 0 radical (unpaired) electrons. The van der Waals surface area contributed by atoms with Gasteiger partial charge < -0.3 is 15.4 Å². The number of halogens is 1. The van der Waals surface area contributed by atoms with Crippen LogP contribution in [0.2, 0.25) is 0 Å². The smallest absolute Gasteiger partial charge is 0.165 e. The van der Waals surface area contributed by atoms with Crippen LogP contribution in [0.4, 0.5) is 4.39 Å². The monoisotopic (exact) mass is 268 g/mol. The van der Waals surface area contributed by atoms with Crippen molar-refractivity contribution in [3.63, 3.8) is 0 Å². The molecular weight excluding hydrogens is 243 g/mol. The number of hydrogen-bond donors (Lipinski definition) is 1. The zero-order chi connectivity index (χ0) is 14.5. The molecule has 0 atom stereocenters. The first-order valence-electron chi connectivity index (χ1n) is 6.59. The van der Waals surface area contributed by atoms with Gasteiger partial charge in [0, 0.05) is 6.54 Å². The van der Waals surface area contributed by atoms with Gasteiger partial charge in [-0.05, 0) is 49.7 Å². The van der Waals surface area contributed by atoms with Gasteiger partial charge in [-0.2, -0.15) is 0 Å². The third-order valence-corrected chi connectivity index (χ3v) is 3.39. The Morgan fingerprint density at radius 3 is 2.58 bits per heavy atom. The fourth-order valence-electron chi connectivity index (χ4n) is 1.79. The van der Waals surface area contributed by atoms with Crippen molar-refractivity contribution in [3.8, 4) is 5.75 Å². The molecule has 0 spiro atoms. The number of nitrogens with zero attached hydrogens (tertiary/aromatic N) is 1. The van der Waals surface area contributed by atoms with Crippen molar-refractivity contribution >= 4 is 0 Å². The second-order valence-corrected chi connectivity index (χ2v) is 5.83. The van der Waals surface area contributed by atoms with Crippen LogP contribution in [-0.4, -0.2) is 32.1 Å². The van der Waals surface area contributed by atoms with Crippen molar-refractivity contribution in [1.29, 1.82) is 0 Å². The lowest BCUT2D eigenvalue weighted by molar-refractivity contribution is 0.248. The van der Waals surface area contributed by atoms with Crippen LogP contribution in [-0.2, 0) is 6.54 Å². The Bertz CT molecular complexity index is 407. The minimum Gasteiger partial charge on any atom is -0.494 e. The van der Waals surface area contributed by atoms with E-state index < -0.39 is 0 Å². The van der Waals surface area contributed by atoms with Crippen LogP contribution in [0.15, 0.2) is 18.2 Å². The summed E-state index contributed by atoms with van der Waals surface area (Å²) in [6.45, 7) is 6.67. The van der Waals surface area contributed by atoms with E-state index in [0.29, 0.717) is 6.54 Å². The number of methoxy groups -OCH3 is 1. The van der Waals surface area contributed by atoms with Gasteiger partial charge >= 0.3 is 0 Å². The molecule has 0 fully saturated rings. The van der Waals surface area contributed by atoms with Gasteiger partial charge in [-0.25, -0.2) is 4.39 Å². The van der Waals surface area contributed by atoms with E-state index in [-0.39, 0.29) is 17.0 Å². The van der Waals surface area contributed by atoms with Gasteiger partial charge in [0.2, 0.25) is 0 Å². The lowest BCUT2D eigenvalue weighted by atomic mass is 9.89. The summed E-state index contributed by atoms with van der Waals surface area (Å²) in [6.07, 6.45) is 1.03. The number of nitrogens with two attached hydrogens (primary N) is 1. The van der Waals surface area contributed by atoms with Gasteiger partial charge in [-0.1, -0.05) is 19.9 Å². The maximum absolute atomic E-state index is 13.6. The van der Waals surface area contributed by atoms with Crippen molar-refractivity contribution in [3.05, 3.63) is 29.6 Å². The van der Waals surface area contributed by atoms with E-state index in [2.05, 4.69) is 18.7 Å². The molecule has 0 aromatic heterocycles. The summed E-state index contributed by atoms with van der Waals surface area (Å²) < 4.78 is 18.5. The third kappa shape index (κ3) is 5.17. The number of benzene rings is 1. The average Bonchev–Trinajstić information content (AvgIpc) is 2.37. The molecule has 0 bridgehead atoms. The minimum absolute atomic E-state index is 0.152. The summed E-state index contributed by atoms with van der Waals surface area (Å²) in [4.78, 5) is 2.18. The molecule has 1 aromatic carbocycles. The summed E-state index contributed by atoms with van der Waals surface area (Å²) >= 11 is 0. The van der Waals surface area contributed by atoms with E-state index in [1.54, 1.807) is 6.07 Å². The molecule has 1 aromatic rings. The zero-order valence-corrected chi connectivity index (χ0v) is 12.4. The maximum Gasteiger partial charge on any atom is 0.165 e. The van der Waals surface area contributed by atoms with Crippen LogP contribution in [0.5, 0.6) is 5.75 Å². The van der Waals surface area contributed by atoms with Crippen LogP contribution in [0.3, 0.4) is 0 Å². The van der Waals surface area contributed by atoms with Gasteiger partial charge in [0.15, 0.2) is 11.6 Å². The van der Waals surface area contributed by atoms with Crippen molar-refractivity contribution < 1.29 is 9.13 Å². The molecule has 0 aliphatic heterocycles. The molecular formula is C15H25FN2O. The Balaban J connectivity index is 2.53. The fourth-order valence-corrected chi connectivity index (χ4v) is 1.79. The van der Waals surface area contributed by atoms with E-state index in [1.165, 1.54) is 13.2 Å². The molecule has 0 heterocycles. The highest BCUT2D eigenvalue weighted by Crippen LogP contribution is 2.20. The molecule has 4 heteroatoms. The molecule has 0 amide bonds. The SMILES string of the molecule is COc1ccc(CN(C)CCC(C)(C)CN)cc1F. The van der Waals surface area contributed by atoms with Crippen molar-refractivity contribution in [2.24, 2.45) is 11.1 Å². The number of rotatable bonds is 7. The van der Waals surface area contributed by atoms with Crippen molar-refractivity contribution in [2.75, 3.05) is 27.2 Å². The molecule has 2 N–H and O–H groups in total. The highest BCUT2D eigenvalue weighted by molar-refractivity contribution is 5.29. The average molecular weight is 268 g/mol. The Hall–Kier alpha value is -1.13. The molecule has 0 aliphatic carbocycles. The Kier molecular flexibility index (Phi) is 5.76. The number of hydrogen-bond acceptors (Lipinski definition) is 3. The first kappa shape index (κ1) is 15.9. The molecule has 0 saturated carbocycles. The van der Waals surface area contributed by atoms with Crippen molar-refractivity contribution in [2.45, 2.75) is 26.8 Å². The first-order valence-corrected chi connectivity index (χ1v) is 6.59. The maximum atomic E-state index is 13.6. The predicted octanol–water partition coefficient (Wildman–Crippen LogP) is 2.64. The fraction of sp³-hybridized carbons (Fsp3) is 0.600. The highest BCUT2D eigenvalue weighted by Gasteiger charge is 2.16. The van der Waals surface area contributed by atoms with E-state index in [9.17, 15) is 4.39 Å². The minimum atomic E-state index is -0.310. The summed E-state index contributed by atoms with van der Waals surface area (Å²) in [7, 11) is 3.51. The van der Waals surface area contributed by atoms with Gasteiger partial charge in [-0.3, -0.25) is 0 Å². The second kappa shape index (κ2) is 6.87. The van der Waals surface area contributed by atoms with Crippen LogP contribution in [0, 0.1) is 11.2 Å². The van der Waals surface area contributed by atoms with Crippen LogP contribution >= 0.6 is 0 Å². The normalized spacial score (nSPS) is 11.9. The molecule has 0 saturated heterocycles. The molecule has 0 aliphatic rings. The molecule has 3 nitrogen and oxygen atoms in total. The Morgan fingerprint density at radius 2 is 2.05 bits per heavy atom. The quantitative estimate of drug-likeness (QED) is 0.826. The van der Waals surface area contributed by atoms with Gasteiger partial charge in [0.05, 0.1) is 7.11 Å². The molecule has 0 unspecified atom stereocenters. The van der Waals surface area contributed by atoms with Gasteiger partial charge in [0.25, 0.3) is 0 Å². The summed E-state index contributed by atoms with van der Waals surface area (Å²) in [5.74, 6) is -0.0219. The third-order valence-electron chi connectivity index (χ3n) is 3.39. The van der Waals surface area contributed by atoms with Gasteiger partial charge in [0.1, 0.15) is 0 Å². The largest absolute Gasteiger partial charge is 0.494 e. The van der Waals surface area contributed by atoms with E-state index in [1.807, 2.05) is 13.1 Å². The van der Waals surface area contributed by atoms with Crippen molar-refractivity contribution in [1.82, 2.24) is 4.90 Å². The summed E-state index contributed by atoms with van der Waals surface area (Å²) in [6, 6.07) is 5.10.